The highest BCUT2D eigenvalue weighted by atomic mass is 35.5. The summed E-state index contributed by atoms with van der Waals surface area (Å²) >= 11 is 19.7. The Morgan fingerprint density at radius 1 is 1.07 bits per heavy atom. The van der Waals surface area contributed by atoms with Crippen LogP contribution in [0.2, 0.25) is 15.1 Å². The Hall–Kier alpha value is -3.09. The second-order valence-electron chi connectivity index (χ2n) is 8.74. The molecule has 0 spiro atoms. The fraction of sp³-hybridized carbons (Fsp3) is 0.192. The van der Waals surface area contributed by atoms with Gasteiger partial charge in [0.2, 0.25) is 5.91 Å². The Morgan fingerprint density at radius 2 is 1.80 bits per heavy atom. The number of nitrogens with zero attached hydrogens (tertiary/aromatic N) is 1. The van der Waals surface area contributed by atoms with Gasteiger partial charge in [-0.05, 0) is 41.8 Å². The molecule has 3 aromatic rings. The zero-order valence-corrected chi connectivity index (χ0v) is 24.2. The van der Waals surface area contributed by atoms with Crippen LogP contribution in [-0.2, 0) is 31.6 Å². The van der Waals surface area contributed by atoms with Gasteiger partial charge < -0.3 is 19.9 Å². The van der Waals surface area contributed by atoms with E-state index in [-0.39, 0.29) is 46.6 Å². The topological polar surface area (TPSA) is 122 Å². The number of β-lactam (4-membered cyclic amide) rings is 1. The van der Waals surface area contributed by atoms with E-state index >= 15 is 0 Å². The number of carbonyl (C=O) groups excluding carboxylic acids is 2. The number of carboxylic acids is 1. The molecule has 2 N–H and O–H groups in total. The van der Waals surface area contributed by atoms with Gasteiger partial charge in [0.05, 0.1) is 28.0 Å². The zero-order valence-electron chi connectivity index (χ0n) is 20.3. The molecule has 3 heterocycles. The molecule has 14 heteroatoms. The molecule has 208 valence electrons. The molecule has 9 nitrogen and oxygen atoms in total. The third-order valence-electron chi connectivity index (χ3n) is 6.06. The number of carboxylic acid groups (broad SMARTS) is 1. The van der Waals surface area contributed by atoms with Crippen LogP contribution >= 0.6 is 46.1 Å². The van der Waals surface area contributed by atoms with Gasteiger partial charge in [-0.1, -0.05) is 40.9 Å². The van der Waals surface area contributed by atoms with Crippen LogP contribution in [0.4, 0.5) is 0 Å². The highest BCUT2D eigenvalue weighted by Gasteiger charge is 2.57. The van der Waals surface area contributed by atoms with E-state index in [4.69, 9.17) is 44.3 Å². The van der Waals surface area contributed by atoms with E-state index in [9.17, 15) is 23.7 Å². The number of hydrogen-bond donors (Lipinski definition) is 2. The van der Waals surface area contributed by atoms with E-state index in [0.29, 0.717) is 15.8 Å². The van der Waals surface area contributed by atoms with Crippen molar-refractivity contribution in [3.63, 3.8) is 0 Å². The maximum atomic E-state index is 13.1. The monoisotopic (exact) mass is 640 g/mol. The van der Waals surface area contributed by atoms with E-state index < -0.39 is 40.0 Å². The van der Waals surface area contributed by atoms with E-state index in [2.05, 4.69) is 5.32 Å². The van der Waals surface area contributed by atoms with Crippen molar-refractivity contribution < 1.29 is 33.2 Å². The summed E-state index contributed by atoms with van der Waals surface area (Å²) in [6.45, 7) is -0.315. The van der Waals surface area contributed by atoms with Crippen LogP contribution < -0.4 is 14.8 Å². The first-order valence-corrected chi connectivity index (χ1v) is 15.0. The molecule has 2 aliphatic heterocycles. The first-order chi connectivity index (χ1) is 19.1. The highest BCUT2D eigenvalue weighted by Crippen LogP contribution is 2.39. The number of benzene rings is 2. The minimum atomic E-state index is -1.70. The summed E-state index contributed by atoms with van der Waals surface area (Å²) in [6.07, 6.45) is 0.0623. The van der Waals surface area contributed by atoms with Crippen molar-refractivity contribution in [1.82, 2.24) is 10.2 Å². The summed E-state index contributed by atoms with van der Waals surface area (Å²) in [7, 11) is -1.70. The van der Waals surface area contributed by atoms with Crippen molar-refractivity contribution in [1.29, 1.82) is 0 Å². The largest absolute Gasteiger partial charge is 0.485 e. The fourth-order valence-corrected chi connectivity index (χ4v) is 7.26. The normalized spacial score (nSPS) is 20.0. The molecule has 0 saturated carbocycles. The van der Waals surface area contributed by atoms with Gasteiger partial charge in [0.25, 0.3) is 5.91 Å². The molecule has 5 rings (SSSR count). The first-order valence-electron chi connectivity index (χ1n) is 11.6. The molecule has 0 bridgehead atoms. The van der Waals surface area contributed by atoms with Gasteiger partial charge in [-0.15, -0.1) is 11.3 Å². The van der Waals surface area contributed by atoms with Crippen LogP contribution in [0.15, 0.2) is 65.2 Å². The molecule has 2 amide bonds. The van der Waals surface area contributed by atoms with Crippen molar-refractivity contribution in [2.75, 3.05) is 12.4 Å². The van der Waals surface area contributed by atoms with Gasteiger partial charge in [-0.3, -0.25) is 18.7 Å². The van der Waals surface area contributed by atoms with Crippen LogP contribution in [0.25, 0.3) is 0 Å². The Morgan fingerprint density at radius 3 is 2.48 bits per heavy atom. The quantitative estimate of drug-likeness (QED) is 0.320. The maximum absolute atomic E-state index is 13.1. The summed E-state index contributed by atoms with van der Waals surface area (Å²) in [5.41, 5.74) is -0.196. The lowest BCUT2D eigenvalue weighted by atomic mass is 10.0. The smallest absolute Gasteiger partial charge is 0.352 e. The summed E-state index contributed by atoms with van der Waals surface area (Å²) in [5, 5.41) is 14.4. The lowest BCUT2D eigenvalue weighted by Crippen LogP contribution is -2.73. The van der Waals surface area contributed by atoms with Crippen LogP contribution in [-0.4, -0.2) is 55.8 Å². The van der Waals surface area contributed by atoms with Crippen molar-refractivity contribution in [2.45, 2.75) is 17.8 Å². The summed E-state index contributed by atoms with van der Waals surface area (Å²) in [5.74, 6) is -1.94. The summed E-state index contributed by atoms with van der Waals surface area (Å²) in [6, 6.07) is 11.8. The predicted octanol–water partition coefficient (Wildman–Crippen LogP) is 4.88. The zero-order chi connectivity index (χ0) is 28.6. The number of rotatable bonds is 9. The molecule has 2 aromatic carbocycles. The predicted molar refractivity (Wildman–Crippen MR) is 152 cm³/mol. The molecular weight excluding hydrogens is 623 g/mol. The molecule has 0 radical (unpaired) electrons. The number of nitrogens with one attached hydrogen (secondary N) is 1. The van der Waals surface area contributed by atoms with Crippen LogP contribution in [0.1, 0.15) is 4.88 Å². The van der Waals surface area contributed by atoms with Crippen LogP contribution in [0, 0.1) is 0 Å². The van der Waals surface area contributed by atoms with Gasteiger partial charge >= 0.3 is 5.97 Å². The number of aliphatic carboxylic acids is 1. The minimum absolute atomic E-state index is 0.0623. The molecule has 0 aliphatic carbocycles. The van der Waals surface area contributed by atoms with E-state index in [0.717, 1.165) is 9.78 Å². The maximum Gasteiger partial charge on any atom is 0.352 e. The van der Waals surface area contributed by atoms with Gasteiger partial charge in [0, 0.05) is 26.6 Å². The van der Waals surface area contributed by atoms with E-state index in [1.54, 1.807) is 36.4 Å². The molecule has 1 fully saturated rings. The average Bonchev–Trinajstić information content (AvgIpc) is 3.41. The lowest BCUT2D eigenvalue weighted by molar-refractivity contribution is -0.150. The fourth-order valence-electron chi connectivity index (χ4n) is 4.28. The Labute approximate surface area is 249 Å². The van der Waals surface area contributed by atoms with Crippen molar-refractivity contribution in [2.24, 2.45) is 0 Å². The number of fused-ring (bicyclic) bond motifs is 1. The first kappa shape index (κ1) is 28.4. The molecule has 1 saturated heterocycles. The standard InChI is InChI=1S/C26H19Cl3N2O7S2/c27-14-3-5-18(17(29)8-14)38-19-6-4-15(28)9-20(19)37-11-13-12-40(36)25-22(24(33)31(25)23(13)26(34)35)30-21(32)10-16-2-1-7-39-16/h1-9,22,25H,10-12H2,(H,30,32)(H,34,35)/t22-,25-,40?/m1/s1. The van der Waals surface area contributed by atoms with Gasteiger partial charge in [-0.2, -0.15) is 0 Å². The average molecular weight is 642 g/mol. The van der Waals surface area contributed by atoms with Crippen molar-refractivity contribution in [3.05, 3.63) is 85.1 Å². The second-order valence-corrected chi connectivity index (χ2v) is 12.6. The summed E-state index contributed by atoms with van der Waals surface area (Å²) in [4.78, 5) is 39.4. The molecule has 1 aromatic heterocycles. The van der Waals surface area contributed by atoms with Crippen LogP contribution in [0.3, 0.4) is 0 Å². The highest BCUT2D eigenvalue weighted by molar-refractivity contribution is 7.86. The summed E-state index contributed by atoms with van der Waals surface area (Å²) < 4.78 is 24.9. The van der Waals surface area contributed by atoms with Crippen molar-refractivity contribution >= 4 is 74.7 Å². The lowest BCUT2D eigenvalue weighted by Gasteiger charge is -2.49. The van der Waals surface area contributed by atoms with Crippen molar-refractivity contribution in [3.8, 4) is 17.2 Å². The number of hydrogen-bond acceptors (Lipinski definition) is 7. The number of halogens is 3. The number of ether oxygens (including phenoxy) is 2. The van der Waals surface area contributed by atoms with E-state index in [1.807, 2.05) is 5.38 Å². The number of carbonyl (C=O) groups is 3. The number of thiophene rings is 1. The second kappa shape index (κ2) is 11.8. The van der Waals surface area contributed by atoms with Crippen LogP contribution in [0.5, 0.6) is 17.2 Å². The molecule has 3 atom stereocenters. The Kier molecular flexibility index (Phi) is 8.39. The molecule has 1 unspecified atom stereocenters. The molecular formula is C26H19Cl3N2O7S2. The third kappa shape index (κ3) is 5.84. The molecule has 2 aliphatic rings. The Bertz CT molecular complexity index is 1560. The van der Waals surface area contributed by atoms with Gasteiger partial charge in [0.1, 0.15) is 29.5 Å². The Balaban J connectivity index is 1.34. The van der Waals surface area contributed by atoms with Gasteiger partial charge in [-0.25, -0.2) is 4.79 Å². The van der Waals surface area contributed by atoms with E-state index in [1.165, 1.54) is 23.5 Å². The minimum Gasteiger partial charge on any atom is -0.485 e. The van der Waals surface area contributed by atoms with Gasteiger partial charge in [0.15, 0.2) is 11.5 Å². The number of amides is 2. The molecule has 40 heavy (non-hydrogen) atoms. The third-order valence-corrected chi connectivity index (χ3v) is 9.36. The SMILES string of the molecule is O=C(Cc1cccs1)N[C@@H]1C(=O)N2C(C(=O)O)=C(COc3cc(Cl)ccc3Oc3ccc(Cl)cc3Cl)CS(=O)[C@H]12.